The number of benzene rings is 1. The van der Waals surface area contributed by atoms with Crippen molar-refractivity contribution in [3.05, 3.63) is 97.3 Å². The first kappa shape index (κ1) is 20.2. The van der Waals surface area contributed by atoms with Crippen LogP contribution in [0.1, 0.15) is 11.3 Å². The van der Waals surface area contributed by atoms with Gasteiger partial charge in [-0.3, -0.25) is 9.48 Å². The highest BCUT2D eigenvalue weighted by molar-refractivity contribution is 7.08. The Morgan fingerprint density at radius 1 is 1.06 bits per heavy atom. The molecular formula is C23H19N5O2S2. The van der Waals surface area contributed by atoms with E-state index < -0.39 is 0 Å². The van der Waals surface area contributed by atoms with E-state index in [2.05, 4.69) is 5.10 Å². The van der Waals surface area contributed by atoms with Gasteiger partial charge in [-0.2, -0.15) is 16.4 Å². The maximum absolute atomic E-state index is 13.3. The highest BCUT2D eigenvalue weighted by Crippen LogP contribution is 2.22. The summed E-state index contributed by atoms with van der Waals surface area (Å²) in [4.78, 5) is 18.6. The third-order valence-electron chi connectivity index (χ3n) is 5.06. The Morgan fingerprint density at radius 3 is 2.62 bits per heavy atom. The number of aromatic nitrogens is 3. The highest BCUT2D eigenvalue weighted by atomic mass is 32.1. The van der Waals surface area contributed by atoms with Crippen molar-refractivity contribution in [2.45, 2.75) is 6.92 Å². The number of furan rings is 1. The van der Waals surface area contributed by atoms with Crippen molar-refractivity contribution >= 4 is 34.6 Å². The fourth-order valence-corrected chi connectivity index (χ4v) is 4.77. The molecule has 0 bridgehead atoms. The molecule has 0 amide bonds. The van der Waals surface area contributed by atoms with Gasteiger partial charge in [0.15, 0.2) is 11.4 Å². The van der Waals surface area contributed by atoms with E-state index in [0.29, 0.717) is 16.2 Å². The van der Waals surface area contributed by atoms with Gasteiger partial charge in [-0.05, 0) is 48.0 Å². The third-order valence-corrected chi connectivity index (χ3v) is 6.57. The first-order valence-corrected chi connectivity index (χ1v) is 11.7. The number of rotatable bonds is 5. The Labute approximate surface area is 191 Å². The predicted molar refractivity (Wildman–Crippen MR) is 128 cm³/mol. The molecule has 0 radical (unpaired) electrons. The highest BCUT2D eigenvalue weighted by Gasteiger charge is 2.17. The van der Waals surface area contributed by atoms with Gasteiger partial charge in [-0.25, -0.2) is 14.4 Å². The van der Waals surface area contributed by atoms with Crippen LogP contribution in [0.4, 0.5) is 5.69 Å². The second-order valence-corrected chi connectivity index (χ2v) is 8.63. The molecular weight excluding hydrogens is 442 g/mol. The Bertz CT molecular complexity index is 1500. The minimum absolute atomic E-state index is 0.183. The molecule has 0 saturated heterocycles. The minimum Gasteiger partial charge on any atom is -0.463 e. The first-order chi connectivity index (χ1) is 15.6. The lowest BCUT2D eigenvalue weighted by Crippen LogP contribution is -2.19. The van der Waals surface area contributed by atoms with Crippen LogP contribution in [0.5, 0.6) is 0 Å². The van der Waals surface area contributed by atoms with E-state index in [-0.39, 0.29) is 5.56 Å². The van der Waals surface area contributed by atoms with E-state index in [1.807, 2.05) is 83.3 Å². The first-order valence-electron chi connectivity index (χ1n) is 9.83. The standard InChI is InChI=1S/C23H19N5O2S2/c1-16-21(22(29)28(26(16)2)18-7-4-3-5-8-18)25-23-27(24-13-17-10-12-31-14-17)19(15-32-23)20-9-6-11-30-20/h3-15H,1-2H3. The Hall–Kier alpha value is -3.69. The topological polar surface area (TPSA) is 69.7 Å². The monoisotopic (exact) mass is 461 g/mol. The predicted octanol–water partition coefficient (Wildman–Crippen LogP) is 4.78. The van der Waals surface area contributed by atoms with Crippen LogP contribution in [-0.4, -0.2) is 20.3 Å². The molecule has 0 fully saturated rings. The summed E-state index contributed by atoms with van der Waals surface area (Å²) < 4.78 is 10.7. The summed E-state index contributed by atoms with van der Waals surface area (Å²) >= 11 is 3.01. The van der Waals surface area contributed by atoms with Crippen molar-refractivity contribution in [1.82, 2.24) is 14.0 Å². The van der Waals surface area contributed by atoms with Gasteiger partial charge in [0.25, 0.3) is 5.56 Å². The molecule has 32 heavy (non-hydrogen) atoms. The van der Waals surface area contributed by atoms with E-state index in [4.69, 9.17) is 9.41 Å². The van der Waals surface area contributed by atoms with Crippen LogP contribution >= 0.6 is 22.7 Å². The summed E-state index contributed by atoms with van der Waals surface area (Å²) in [5, 5.41) is 10.6. The fourth-order valence-electron chi connectivity index (χ4n) is 3.33. The van der Waals surface area contributed by atoms with Gasteiger partial charge in [0.2, 0.25) is 4.80 Å². The quantitative estimate of drug-likeness (QED) is 0.353. The summed E-state index contributed by atoms with van der Waals surface area (Å²) in [5.74, 6) is 0.677. The molecule has 0 unspecified atom stereocenters. The van der Waals surface area contributed by atoms with Crippen molar-refractivity contribution in [2.75, 3.05) is 0 Å². The van der Waals surface area contributed by atoms with Gasteiger partial charge in [-0.1, -0.05) is 18.2 Å². The number of thiazole rings is 1. The van der Waals surface area contributed by atoms with Gasteiger partial charge in [-0.15, -0.1) is 11.3 Å². The summed E-state index contributed by atoms with van der Waals surface area (Å²) in [7, 11) is 1.86. The lowest BCUT2D eigenvalue weighted by Gasteiger charge is -2.07. The summed E-state index contributed by atoms with van der Waals surface area (Å²) in [6.45, 7) is 1.89. The lowest BCUT2D eigenvalue weighted by atomic mass is 10.3. The molecule has 0 spiro atoms. The molecule has 9 heteroatoms. The molecule has 7 nitrogen and oxygen atoms in total. The summed E-state index contributed by atoms with van der Waals surface area (Å²) in [6, 6.07) is 15.2. The molecule has 4 aromatic heterocycles. The van der Waals surface area contributed by atoms with Crippen LogP contribution in [0.15, 0.2) is 90.2 Å². The average Bonchev–Trinajstić information content (AvgIpc) is 3.60. The van der Waals surface area contributed by atoms with Crippen molar-refractivity contribution in [3.8, 4) is 17.1 Å². The van der Waals surface area contributed by atoms with Gasteiger partial charge in [0.1, 0.15) is 5.69 Å². The Kier molecular flexibility index (Phi) is 5.34. The molecule has 4 heterocycles. The molecule has 160 valence electrons. The van der Waals surface area contributed by atoms with Gasteiger partial charge >= 0.3 is 0 Å². The maximum Gasteiger partial charge on any atom is 0.297 e. The fraction of sp³-hybridized carbons (Fsp3) is 0.0870. The van der Waals surface area contributed by atoms with E-state index >= 15 is 0 Å². The molecule has 0 aliphatic rings. The average molecular weight is 462 g/mol. The Balaban J connectivity index is 1.69. The molecule has 5 rings (SSSR count). The molecule has 5 aromatic rings. The molecule has 0 N–H and O–H groups in total. The largest absolute Gasteiger partial charge is 0.463 e. The molecule has 1 aromatic carbocycles. The second kappa shape index (κ2) is 8.45. The van der Waals surface area contributed by atoms with Gasteiger partial charge in [0, 0.05) is 18.0 Å². The van der Waals surface area contributed by atoms with Crippen LogP contribution in [0.25, 0.3) is 17.1 Å². The lowest BCUT2D eigenvalue weighted by molar-refractivity contribution is 0.575. The zero-order valence-electron chi connectivity index (χ0n) is 17.4. The molecule has 0 aliphatic carbocycles. The van der Waals surface area contributed by atoms with E-state index in [1.165, 1.54) is 11.3 Å². The smallest absolute Gasteiger partial charge is 0.297 e. The number of nitrogens with zero attached hydrogens (tertiary/aromatic N) is 5. The van der Waals surface area contributed by atoms with Crippen LogP contribution in [0, 0.1) is 6.92 Å². The van der Waals surface area contributed by atoms with Crippen LogP contribution in [0.2, 0.25) is 0 Å². The van der Waals surface area contributed by atoms with E-state index in [0.717, 1.165) is 22.6 Å². The molecule has 0 saturated carbocycles. The zero-order chi connectivity index (χ0) is 22.1. The SMILES string of the molecule is Cc1c(N=c2scc(-c3ccco3)n2N=Cc2ccsc2)c(=O)n(-c2ccccc2)n1C. The van der Waals surface area contributed by atoms with Gasteiger partial charge in [0.05, 0.1) is 23.9 Å². The maximum atomic E-state index is 13.3. The van der Waals surface area contributed by atoms with Crippen LogP contribution in [0.3, 0.4) is 0 Å². The van der Waals surface area contributed by atoms with E-state index in [9.17, 15) is 4.79 Å². The van der Waals surface area contributed by atoms with Gasteiger partial charge < -0.3 is 4.42 Å². The second-order valence-electron chi connectivity index (χ2n) is 7.02. The number of hydrogen-bond acceptors (Lipinski definition) is 6. The van der Waals surface area contributed by atoms with Crippen LogP contribution < -0.4 is 10.4 Å². The number of thiophene rings is 1. The van der Waals surface area contributed by atoms with Crippen molar-refractivity contribution in [2.24, 2.45) is 17.1 Å². The normalized spacial score (nSPS) is 12.2. The van der Waals surface area contributed by atoms with Crippen LogP contribution in [-0.2, 0) is 7.05 Å². The molecule has 0 atom stereocenters. The third kappa shape index (κ3) is 3.61. The zero-order valence-corrected chi connectivity index (χ0v) is 19.0. The number of para-hydroxylation sites is 1. The molecule has 0 aliphatic heterocycles. The van der Waals surface area contributed by atoms with Crippen molar-refractivity contribution < 1.29 is 4.42 Å². The van der Waals surface area contributed by atoms with E-state index in [1.54, 1.807) is 33.2 Å². The Morgan fingerprint density at radius 2 is 1.91 bits per heavy atom. The van der Waals surface area contributed by atoms with Crippen molar-refractivity contribution in [1.29, 1.82) is 0 Å². The van der Waals surface area contributed by atoms with Crippen molar-refractivity contribution in [3.63, 3.8) is 0 Å². The summed E-state index contributed by atoms with van der Waals surface area (Å²) in [6.07, 6.45) is 3.39. The number of hydrogen-bond donors (Lipinski definition) is 0. The summed E-state index contributed by atoms with van der Waals surface area (Å²) in [5.41, 5.74) is 3.51. The minimum atomic E-state index is -0.183.